The molecule has 0 bridgehead atoms. The van der Waals surface area contributed by atoms with Crippen molar-refractivity contribution < 1.29 is 9.13 Å². The highest BCUT2D eigenvalue weighted by Gasteiger charge is 2.22. The van der Waals surface area contributed by atoms with Crippen LogP contribution >= 0.6 is 11.8 Å². The molecule has 0 saturated carbocycles. The predicted molar refractivity (Wildman–Crippen MR) is 83.5 cm³/mol. The number of fused-ring (bicyclic) bond motifs is 1. The third-order valence-electron chi connectivity index (χ3n) is 3.40. The van der Waals surface area contributed by atoms with E-state index in [9.17, 15) is 4.39 Å². The first kappa shape index (κ1) is 14.2. The molecule has 1 unspecified atom stereocenters. The van der Waals surface area contributed by atoms with E-state index in [-0.39, 0.29) is 11.9 Å². The molecular formula is C16H17FN2OS. The first-order valence-electron chi connectivity index (χ1n) is 7.04. The fraction of sp³-hybridized carbons (Fsp3) is 0.312. The van der Waals surface area contributed by atoms with E-state index in [4.69, 9.17) is 4.74 Å². The van der Waals surface area contributed by atoms with Crippen LogP contribution in [-0.2, 0) is 0 Å². The molecule has 1 aliphatic rings. The summed E-state index contributed by atoms with van der Waals surface area (Å²) < 4.78 is 19.2. The molecule has 5 heteroatoms. The van der Waals surface area contributed by atoms with Crippen molar-refractivity contribution in [2.24, 2.45) is 0 Å². The number of nitrogens with one attached hydrogen (secondary N) is 1. The van der Waals surface area contributed by atoms with E-state index in [1.54, 1.807) is 24.0 Å². The summed E-state index contributed by atoms with van der Waals surface area (Å²) in [5, 5.41) is 3.44. The van der Waals surface area contributed by atoms with Crippen LogP contribution in [0.4, 0.5) is 10.1 Å². The largest absolute Gasteiger partial charge is 0.478 e. The first-order chi connectivity index (χ1) is 10.3. The highest BCUT2D eigenvalue weighted by atomic mass is 32.2. The summed E-state index contributed by atoms with van der Waals surface area (Å²) in [6.45, 7) is 2.53. The van der Waals surface area contributed by atoms with Gasteiger partial charge in [-0.2, -0.15) is 0 Å². The van der Waals surface area contributed by atoms with Crippen molar-refractivity contribution in [1.82, 2.24) is 4.98 Å². The standard InChI is InChI=1S/C16H17FN2OS/c1-2-20-15-7-6-11(10-18-15)19-14-8-9-21-16-12(14)4-3-5-13(16)17/h3-7,10,14,19H,2,8-9H2,1H3. The van der Waals surface area contributed by atoms with Crippen molar-refractivity contribution in [3.05, 3.63) is 47.9 Å². The SMILES string of the molecule is CCOc1ccc(NC2CCSc3c(F)cccc32)cn1. The van der Waals surface area contributed by atoms with E-state index in [2.05, 4.69) is 10.3 Å². The van der Waals surface area contributed by atoms with Gasteiger partial charge in [0.2, 0.25) is 5.88 Å². The Balaban J connectivity index is 1.78. The number of halogens is 1. The molecule has 3 rings (SSSR count). The summed E-state index contributed by atoms with van der Waals surface area (Å²) in [4.78, 5) is 5.01. The van der Waals surface area contributed by atoms with Gasteiger partial charge in [0.15, 0.2) is 0 Å². The molecule has 1 atom stereocenters. The van der Waals surface area contributed by atoms with Crippen molar-refractivity contribution in [2.75, 3.05) is 17.7 Å². The van der Waals surface area contributed by atoms with E-state index in [1.165, 1.54) is 6.07 Å². The zero-order chi connectivity index (χ0) is 14.7. The summed E-state index contributed by atoms with van der Waals surface area (Å²) in [6.07, 6.45) is 2.72. The molecule has 1 aromatic carbocycles. The van der Waals surface area contributed by atoms with Crippen LogP contribution in [0.3, 0.4) is 0 Å². The zero-order valence-electron chi connectivity index (χ0n) is 11.8. The topological polar surface area (TPSA) is 34.1 Å². The molecule has 1 N–H and O–H groups in total. The fourth-order valence-electron chi connectivity index (χ4n) is 2.44. The molecule has 0 amide bonds. The van der Waals surface area contributed by atoms with Crippen LogP contribution in [0.5, 0.6) is 5.88 Å². The van der Waals surface area contributed by atoms with Gasteiger partial charge in [-0.25, -0.2) is 9.37 Å². The maximum absolute atomic E-state index is 13.8. The van der Waals surface area contributed by atoms with Gasteiger partial charge >= 0.3 is 0 Å². The van der Waals surface area contributed by atoms with Gasteiger partial charge in [0.25, 0.3) is 0 Å². The molecule has 1 aromatic heterocycles. The number of nitrogens with zero attached hydrogens (tertiary/aromatic N) is 1. The number of hydrogen-bond acceptors (Lipinski definition) is 4. The third-order valence-corrected chi connectivity index (χ3v) is 4.55. The van der Waals surface area contributed by atoms with E-state index in [0.717, 1.165) is 28.3 Å². The third kappa shape index (κ3) is 3.13. The Kier molecular flexibility index (Phi) is 4.29. The number of hydrogen-bond donors (Lipinski definition) is 1. The lowest BCUT2D eigenvalue weighted by Gasteiger charge is -2.27. The molecule has 1 aliphatic heterocycles. The average molecular weight is 304 g/mol. The second kappa shape index (κ2) is 6.35. The quantitative estimate of drug-likeness (QED) is 0.915. The lowest BCUT2D eigenvalue weighted by molar-refractivity contribution is 0.327. The number of pyridine rings is 1. The predicted octanol–water partition coefficient (Wildman–Crippen LogP) is 4.27. The minimum Gasteiger partial charge on any atom is -0.478 e. The minimum atomic E-state index is -0.131. The second-order valence-corrected chi connectivity index (χ2v) is 5.92. The smallest absolute Gasteiger partial charge is 0.213 e. The van der Waals surface area contributed by atoms with E-state index in [1.807, 2.05) is 25.1 Å². The maximum Gasteiger partial charge on any atom is 0.213 e. The summed E-state index contributed by atoms with van der Waals surface area (Å²) in [7, 11) is 0. The van der Waals surface area contributed by atoms with Crippen LogP contribution < -0.4 is 10.1 Å². The number of rotatable bonds is 4. The monoisotopic (exact) mass is 304 g/mol. The van der Waals surface area contributed by atoms with Gasteiger partial charge in [-0.3, -0.25) is 0 Å². The minimum absolute atomic E-state index is 0.122. The van der Waals surface area contributed by atoms with Gasteiger partial charge in [-0.15, -0.1) is 11.8 Å². The van der Waals surface area contributed by atoms with Gasteiger partial charge in [-0.1, -0.05) is 12.1 Å². The zero-order valence-corrected chi connectivity index (χ0v) is 12.6. The Hall–Kier alpha value is -1.75. The number of thioether (sulfide) groups is 1. The van der Waals surface area contributed by atoms with Crippen molar-refractivity contribution in [1.29, 1.82) is 0 Å². The molecule has 0 radical (unpaired) electrons. The average Bonchev–Trinajstić information content (AvgIpc) is 2.51. The Morgan fingerprint density at radius 2 is 2.29 bits per heavy atom. The van der Waals surface area contributed by atoms with Crippen molar-refractivity contribution in [3.63, 3.8) is 0 Å². The normalized spacial score (nSPS) is 17.1. The van der Waals surface area contributed by atoms with Crippen molar-refractivity contribution in [2.45, 2.75) is 24.3 Å². The summed E-state index contributed by atoms with van der Waals surface area (Å²) in [5.74, 6) is 1.40. The van der Waals surface area contributed by atoms with E-state index in [0.29, 0.717) is 12.5 Å². The Labute approximate surface area is 127 Å². The first-order valence-corrected chi connectivity index (χ1v) is 8.03. The lowest BCUT2D eigenvalue weighted by atomic mass is 10.0. The van der Waals surface area contributed by atoms with Gasteiger partial charge in [0, 0.05) is 16.7 Å². The van der Waals surface area contributed by atoms with Crippen molar-refractivity contribution >= 4 is 17.4 Å². The molecule has 3 nitrogen and oxygen atoms in total. The van der Waals surface area contributed by atoms with Crippen LogP contribution in [0.2, 0.25) is 0 Å². The highest BCUT2D eigenvalue weighted by Crippen LogP contribution is 2.39. The van der Waals surface area contributed by atoms with Crippen LogP contribution in [-0.4, -0.2) is 17.3 Å². The van der Waals surface area contributed by atoms with Crippen LogP contribution in [0, 0.1) is 5.82 Å². The maximum atomic E-state index is 13.8. The van der Waals surface area contributed by atoms with Gasteiger partial charge in [0.1, 0.15) is 5.82 Å². The fourth-order valence-corrected chi connectivity index (χ4v) is 3.58. The molecule has 0 spiro atoms. The summed E-state index contributed by atoms with van der Waals surface area (Å²) in [6, 6.07) is 9.19. The Morgan fingerprint density at radius 3 is 3.05 bits per heavy atom. The second-order valence-electron chi connectivity index (χ2n) is 4.81. The molecule has 0 aliphatic carbocycles. The molecule has 0 saturated heterocycles. The number of benzene rings is 1. The van der Waals surface area contributed by atoms with Crippen molar-refractivity contribution in [3.8, 4) is 5.88 Å². The number of ether oxygens (including phenoxy) is 1. The van der Waals surface area contributed by atoms with Crippen LogP contribution in [0.1, 0.15) is 24.9 Å². The molecule has 21 heavy (non-hydrogen) atoms. The van der Waals surface area contributed by atoms with E-state index < -0.39 is 0 Å². The van der Waals surface area contributed by atoms with Crippen LogP contribution in [0.25, 0.3) is 0 Å². The molecule has 110 valence electrons. The Bertz CT molecular complexity index is 618. The highest BCUT2D eigenvalue weighted by molar-refractivity contribution is 7.99. The van der Waals surface area contributed by atoms with E-state index >= 15 is 0 Å². The number of anilines is 1. The summed E-state index contributed by atoms with van der Waals surface area (Å²) in [5.41, 5.74) is 1.95. The van der Waals surface area contributed by atoms with Gasteiger partial charge in [-0.05, 0) is 31.0 Å². The lowest BCUT2D eigenvalue weighted by Crippen LogP contribution is -2.17. The Morgan fingerprint density at radius 1 is 1.38 bits per heavy atom. The molecule has 2 aromatic rings. The summed E-state index contributed by atoms with van der Waals surface area (Å²) >= 11 is 1.59. The molecular weight excluding hydrogens is 287 g/mol. The van der Waals surface area contributed by atoms with Crippen LogP contribution in [0.15, 0.2) is 41.4 Å². The molecule has 0 fully saturated rings. The van der Waals surface area contributed by atoms with Gasteiger partial charge < -0.3 is 10.1 Å². The molecule has 2 heterocycles. The number of aromatic nitrogens is 1. The van der Waals surface area contributed by atoms with Gasteiger partial charge in [0.05, 0.1) is 24.5 Å².